The summed E-state index contributed by atoms with van der Waals surface area (Å²) in [5.41, 5.74) is 5.95. The molecule has 0 aliphatic carbocycles. The van der Waals surface area contributed by atoms with Gasteiger partial charge in [0.25, 0.3) is 0 Å². The Morgan fingerprint density at radius 1 is 0.700 bits per heavy atom. The fraction of sp³-hybridized carbons (Fsp3) is 0.105. The van der Waals surface area contributed by atoms with E-state index in [1.807, 2.05) is 6.07 Å². The Balaban J connectivity index is 1.37. The number of para-hydroxylation sites is 1. The minimum atomic E-state index is -0.614. The summed E-state index contributed by atoms with van der Waals surface area (Å²) in [5.74, 6) is -1.41. The lowest BCUT2D eigenvalue weighted by Gasteiger charge is -2.35. The monoisotopic (exact) mass is 655 g/mol. The molecular weight excluding hydrogens is 633 g/mol. The molecule has 3 N–H and O–H groups in total. The number of phenolic OH excluding ortho intramolecular Hbond substituents is 3. The van der Waals surface area contributed by atoms with E-state index in [0.717, 1.165) is 11.3 Å². The molecule has 0 saturated heterocycles. The minimum absolute atomic E-state index is 0.00445. The minimum Gasteiger partial charge on any atom is -0.508 e. The maximum absolute atomic E-state index is 11.3. The highest BCUT2D eigenvalue weighted by Crippen LogP contribution is 2.51. The second-order valence-electron chi connectivity index (χ2n) is 13.4. The third-order valence-corrected chi connectivity index (χ3v) is 11.6. The molecule has 50 heavy (non-hydrogen) atoms. The number of thiophene rings is 1. The zero-order valence-corrected chi connectivity index (χ0v) is 28.1. The lowest BCUT2D eigenvalue weighted by Crippen LogP contribution is -2.40. The molecule has 5 aromatic carbocycles. The van der Waals surface area contributed by atoms with Crippen molar-refractivity contribution in [3.05, 3.63) is 77.4 Å². The van der Waals surface area contributed by atoms with Gasteiger partial charge in [-0.05, 0) is 47.8 Å². The third-order valence-electron chi connectivity index (χ3n) is 10.4. The van der Waals surface area contributed by atoms with Crippen molar-refractivity contribution in [1.82, 2.24) is 14.5 Å². The highest BCUT2D eigenvalue weighted by molar-refractivity contribution is 7.26. The number of nitrogens with zero attached hydrogens (tertiary/aromatic N) is 3. The molecule has 228 valence electrons. The van der Waals surface area contributed by atoms with E-state index >= 15 is 0 Å². The van der Waals surface area contributed by atoms with Crippen LogP contribution in [-0.2, 0) is 5.41 Å². The zero-order chi connectivity index (χ0) is 35.1. The summed E-state index contributed by atoms with van der Waals surface area (Å²) in [4.78, 5) is 9.70. The van der Waals surface area contributed by atoms with Gasteiger partial charge in [0.1, 0.15) is 45.0 Å². The molecule has 10 radical (unpaired) electrons. The van der Waals surface area contributed by atoms with Gasteiger partial charge in [-0.3, -0.25) is 0 Å². The van der Waals surface area contributed by atoms with Crippen LogP contribution in [-0.4, -0.2) is 69.1 Å². The van der Waals surface area contributed by atoms with E-state index in [9.17, 15) is 15.3 Å². The summed E-state index contributed by atoms with van der Waals surface area (Å²) in [5, 5.41) is 35.7. The summed E-state index contributed by atoms with van der Waals surface area (Å²) >= 11 is 1.80. The predicted octanol–water partition coefficient (Wildman–Crippen LogP) is 3.31. The number of phenols is 3. The molecule has 0 fully saturated rings. The molecule has 0 amide bonds. The average molecular weight is 655 g/mol. The predicted molar refractivity (Wildman–Crippen MR) is 209 cm³/mol. The van der Waals surface area contributed by atoms with Crippen molar-refractivity contribution in [1.29, 1.82) is 0 Å². The average Bonchev–Trinajstić information content (AvgIpc) is 3.65. The molecule has 0 bridgehead atoms. The molecular formula is C38H22B5N3O3S. The Kier molecular flexibility index (Phi) is 6.33. The van der Waals surface area contributed by atoms with Crippen LogP contribution in [0.3, 0.4) is 0 Å². The number of fused-ring (bicyclic) bond motifs is 8. The zero-order valence-electron chi connectivity index (χ0n) is 27.3. The fourth-order valence-electron chi connectivity index (χ4n) is 7.63. The molecule has 4 heterocycles. The number of hydrogen-bond donors (Lipinski definition) is 3. The van der Waals surface area contributed by atoms with Crippen molar-refractivity contribution in [3.8, 4) is 45.6 Å². The van der Waals surface area contributed by atoms with E-state index in [4.69, 9.17) is 49.2 Å². The third kappa shape index (κ3) is 3.80. The van der Waals surface area contributed by atoms with Crippen molar-refractivity contribution < 1.29 is 15.3 Å². The van der Waals surface area contributed by atoms with Crippen molar-refractivity contribution in [2.75, 3.05) is 0 Å². The Bertz CT molecular complexity index is 2830. The molecule has 6 nitrogen and oxygen atoms in total. The number of aromatic hydroxyl groups is 3. The molecule has 1 aliphatic heterocycles. The second-order valence-corrected chi connectivity index (χ2v) is 14.5. The molecule has 1 aliphatic rings. The van der Waals surface area contributed by atoms with Gasteiger partial charge in [-0.1, -0.05) is 72.2 Å². The van der Waals surface area contributed by atoms with Gasteiger partial charge in [0.15, 0.2) is 17.3 Å². The van der Waals surface area contributed by atoms with Crippen molar-refractivity contribution >= 4 is 120 Å². The quantitative estimate of drug-likeness (QED) is 0.197. The number of benzene rings is 5. The van der Waals surface area contributed by atoms with Gasteiger partial charge in [0.2, 0.25) is 0 Å². The van der Waals surface area contributed by atoms with Crippen LogP contribution in [0.4, 0.5) is 0 Å². The molecule has 3 aromatic heterocycles. The first-order valence-electron chi connectivity index (χ1n) is 15.9. The van der Waals surface area contributed by atoms with Gasteiger partial charge < -0.3 is 19.9 Å². The smallest absolute Gasteiger partial charge is 0.165 e. The Morgan fingerprint density at radius 3 is 2.22 bits per heavy atom. The highest BCUT2D eigenvalue weighted by Gasteiger charge is 2.36. The molecule has 8 aromatic rings. The van der Waals surface area contributed by atoms with E-state index in [2.05, 4.69) is 73.0 Å². The van der Waals surface area contributed by atoms with Gasteiger partial charge in [0, 0.05) is 32.0 Å². The summed E-state index contributed by atoms with van der Waals surface area (Å²) in [6, 6.07) is 21.0. The first-order valence-corrected chi connectivity index (χ1v) is 16.7. The van der Waals surface area contributed by atoms with Crippen molar-refractivity contribution in [2.45, 2.75) is 26.2 Å². The Hall–Kier alpha value is -5.08. The van der Waals surface area contributed by atoms with Crippen LogP contribution in [0.15, 0.2) is 60.7 Å². The number of hydrogen-bond acceptors (Lipinski definition) is 6. The Morgan fingerprint density at radius 2 is 1.44 bits per heavy atom. The molecule has 0 unspecified atom stereocenters. The summed E-state index contributed by atoms with van der Waals surface area (Å²) < 4.78 is 4.83. The topological polar surface area (TPSA) is 91.4 Å². The van der Waals surface area contributed by atoms with Crippen LogP contribution < -0.4 is 27.3 Å². The van der Waals surface area contributed by atoms with E-state index in [1.165, 1.54) is 36.8 Å². The van der Waals surface area contributed by atoms with E-state index < -0.39 is 22.7 Å². The first-order chi connectivity index (χ1) is 23.8. The largest absolute Gasteiger partial charge is 0.508 e. The highest BCUT2D eigenvalue weighted by atomic mass is 32.1. The van der Waals surface area contributed by atoms with Gasteiger partial charge in [0.05, 0.1) is 38.0 Å². The van der Waals surface area contributed by atoms with E-state index in [0.29, 0.717) is 11.1 Å². The molecule has 0 atom stereocenters. The Labute approximate surface area is 297 Å². The lowest BCUT2D eigenvalue weighted by molar-refractivity contribution is 0.408. The van der Waals surface area contributed by atoms with Crippen LogP contribution in [0.5, 0.6) is 17.2 Å². The van der Waals surface area contributed by atoms with Crippen LogP contribution >= 0.6 is 11.3 Å². The standard InChI is InChI=1S/C38H22B5N3O3S/c1-14-24(39)22(34(48)35(49)25(14)40)29-23-30(27(42)26(41)28(43)33(23)47)45-37(44-29)15-11-12-20-19(13-15)38(2,3)18-9-6-8-17-31(18)46(20)32-16-7-4-5-10-21(16)50-36(17)32/h4-13,47-49H,1-3H3. The van der Waals surface area contributed by atoms with Crippen LogP contribution in [0.25, 0.3) is 70.4 Å². The second kappa shape index (κ2) is 10.2. The maximum atomic E-state index is 11.3. The number of aromatic nitrogens is 3. The van der Waals surface area contributed by atoms with Gasteiger partial charge in [-0.2, -0.15) is 0 Å². The summed E-state index contributed by atoms with van der Waals surface area (Å²) in [6.07, 6.45) is 0. The van der Waals surface area contributed by atoms with Crippen LogP contribution in [0, 0.1) is 6.92 Å². The molecule has 12 heteroatoms. The van der Waals surface area contributed by atoms with E-state index in [-0.39, 0.29) is 55.3 Å². The normalized spacial score (nSPS) is 13.5. The lowest BCUT2D eigenvalue weighted by atomic mass is 9.70. The van der Waals surface area contributed by atoms with Gasteiger partial charge in [-0.15, -0.1) is 16.8 Å². The summed E-state index contributed by atoms with van der Waals surface area (Å²) in [6.45, 7) is 6.02. The summed E-state index contributed by atoms with van der Waals surface area (Å²) in [7, 11) is 31.4. The van der Waals surface area contributed by atoms with Gasteiger partial charge in [-0.25, -0.2) is 9.97 Å². The first kappa shape index (κ1) is 30.9. The molecule has 0 spiro atoms. The fourth-order valence-corrected chi connectivity index (χ4v) is 8.84. The maximum Gasteiger partial charge on any atom is 0.165 e. The SMILES string of the molecule is [B]c1c(C)c([B])c(-c2nc(-c3ccc4c(c3)C(C)(C)c3cccc5c6sc7ccccc7c6n-4c35)nc3c([B])c([B])c([B])c(O)c23)c(O)c1O. The number of rotatable bonds is 2. The van der Waals surface area contributed by atoms with Crippen LogP contribution in [0.2, 0.25) is 0 Å². The van der Waals surface area contributed by atoms with E-state index in [1.54, 1.807) is 18.3 Å². The van der Waals surface area contributed by atoms with Crippen molar-refractivity contribution in [3.63, 3.8) is 0 Å². The van der Waals surface area contributed by atoms with Crippen molar-refractivity contribution in [2.24, 2.45) is 0 Å². The van der Waals surface area contributed by atoms with Crippen LogP contribution in [0.1, 0.15) is 30.5 Å². The molecule has 9 rings (SSSR count). The molecule has 0 saturated carbocycles. The van der Waals surface area contributed by atoms with Gasteiger partial charge >= 0.3 is 0 Å².